The molecule has 0 aliphatic rings. The van der Waals surface area contributed by atoms with Crippen LogP contribution in [0.2, 0.25) is 0 Å². The summed E-state index contributed by atoms with van der Waals surface area (Å²) in [5, 5.41) is 3.92. The van der Waals surface area contributed by atoms with Crippen LogP contribution in [0, 0.1) is 6.92 Å². The van der Waals surface area contributed by atoms with Crippen LogP contribution >= 0.6 is 0 Å². The summed E-state index contributed by atoms with van der Waals surface area (Å²) >= 11 is 0. The van der Waals surface area contributed by atoms with Crippen molar-refractivity contribution in [3.05, 3.63) is 71.9 Å². The van der Waals surface area contributed by atoms with Gasteiger partial charge in [0, 0.05) is 22.8 Å². The second-order valence-electron chi connectivity index (χ2n) is 4.73. The number of amides is 1. The summed E-state index contributed by atoms with van der Waals surface area (Å²) in [5.41, 5.74) is 3.43. The van der Waals surface area contributed by atoms with Gasteiger partial charge in [-0.2, -0.15) is 0 Å². The topological polar surface area (TPSA) is 42.0 Å². The highest BCUT2D eigenvalue weighted by Gasteiger charge is 2.06. The first-order chi connectivity index (χ1) is 10.7. The first kappa shape index (κ1) is 15.7. The van der Waals surface area contributed by atoms with Crippen LogP contribution in [0.5, 0.6) is 0 Å². The molecule has 0 aliphatic carbocycles. The van der Waals surface area contributed by atoms with E-state index in [-0.39, 0.29) is 5.91 Å². The van der Waals surface area contributed by atoms with Crippen molar-refractivity contribution in [1.82, 2.24) is 4.98 Å². The molecule has 0 saturated heterocycles. The zero-order valence-corrected chi connectivity index (χ0v) is 13.1. The van der Waals surface area contributed by atoms with Crippen LogP contribution in [0.1, 0.15) is 29.8 Å². The minimum absolute atomic E-state index is 0.100. The van der Waals surface area contributed by atoms with Gasteiger partial charge >= 0.3 is 0 Å². The molecular weight excluding hydrogens is 272 g/mol. The molecule has 1 N–H and O–H groups in total. The third kappa shape index (κ3) is 3.70. The maximum atomic E-state index is 12.2. The van der Waals surface area contributed by atoms with Crippen LogP contribution in [-0.4, -0.2) is 10.9 Å². The van der Waals surface area contributed by atoms with Crippen molar-refractivity contribution >= 4 is 22.5 Å². The molecule has 1 aromatic heterocycles. The number of aryl methyl sites for hydroxylation is 1. The van der Waals surface area contributed by atoms with Crippen LogP contribution < -0.4 is 5.32 Å². The Hall–Kier alpha value is -2.68. The van der Waals surface area contributed by atoms with Crippen molar-refractivity contribution < 1.29 is 4.79 Å². The van der Waals surface area contributed by atoms with Gasteiger partial charge in [0.05, 0.1) is 5.52 Å². The van der Waals surface area contributed by atoms with Gasteiger partial charge in [0.15, 0.2) is 0 Å². The fourth-order valence-electron chi connectivity index (χ4n) is 2.14. The van der Waals surface area contributed by atoms with Crippen molar-refractivity contribution in [3.63, 3.8) is 0 Å². The molecule has 22 heavy (non-hydrogen) atoms. The standard InChI is InChI=1S/C17H14N2O.C2H6/c1-12-4-2-5-14(10-12)17(20)19-15-7-8-16-13(11-15)6-3-9-18-16;1-2/h2-11H,1H3,(H,19,20);1-2H3. The van der Waals surface area contributed by atoms with E-state index in [0.717, 1.165) is 22.2 Å². The molecule has 3 rings (SSSR count). The Labute approximate surface area is 131 Å². The Bertz CT molecular complexity index is 781. The number of anilines is 1. The molecule has 3 nitrogen and oxygen atoms in total. The van der Waals surface area contributed by atoms with Crippen LogP contribution in [0.3, 0.4) is 0 Å². The lowest BCUT2D eigenvalue weighted by molar-refractivity contribution is 0.102. The lowest BCUT2D eigenvalue weighted by Gasteiger charge is -2.07. The van der Waals surface area contributed by atoms with Gasteiger partial charge in [-0.3, -0.25) is 9.78 Å². The smallest absolute Gasteiger partial charge is 0.255 e. The lowest BCUT2D eigenvalue weighted by Crippen LogP contribution is -2.11. The zero-order valence-electron chi connectivity index (χ0n) is 13.1. The van der Waals surface area contributed by atoms with Crippen LogP contribution in [0.4, 0.5) is 5.69 Å². The minimum Gasteiger partial charge on any atom is -0.322 e. The lowest BCUT2D eigenvalue weighted by atomic mass is 10.1. The molecule has 0 atom stereocenters. The minimum atomic E-state index is -0.100. The van der Waals surface area contributed by atoms with Crippen molar-refractivity contribution in [1.29, 1.82) is 0 Å². The van der Waals surface area contributed by atoms with Gasteiger partial charge in [-0.15, -0.1) is 0 Å². The zero-order chi connectivity index (χ0) is 15.9. The molecule has 0 aliphatic heterocycles. The highest BCUT2D eigenvalue weighted by molar-refractivity contribution is 6.05. The second kappa shape index (κ2) is 7.36. The predicted octanol–water partition coefficient (Wildman–Crippen LogP) is 4.82. The molecule has 0 saturated carbocycles. The van der Waals surface area contributed by atoms with Crippen LogP contribution in [0.15, 0.2) is 60.8 Å². The summed E-state index contributed by atoms with van der Waals surface area (Å²) in [4.78, 5) is 16.4. The first-order valence-corrected chi connectivity index (χ1v) is 7.45. The summed E-state index contributed by atoms with van der Waals surface area (Å²) in [7, 11) is 0. The molecule has 112 valence electrons. The third-order valence-electron chi connectivity index (χ3n) is 3.14. The molecule has 1 amide bonds. The molecular formula is C19H20N2O. The highest BCUT2D eigenvalue weighted by atomic mass is 16.1. The number of nitrogens with zero attached hydrogens (tertiary/aromatic N) is 1. The molecule has 0 radical (unpaired) electrons. The number of pyridine rings is 1. The quantitative estimate of drug-likeness (QED) is 0.735. The van der Waals surface area contributed by atoms with Gasteiger partial charge in [-0.25, -0.2) is 0 Å². The van der Waals surface area contributed by atoms with Crippen molar-refractivity contribution in [3.8, 4) is 0 Å². The van der Waals surface area contributed by atoms with Gasteiger partial charge < -0.3 is 5.32 Å². The van der Waals surface area contributed by atoms with Gasteiger partial charge in [0.25, 0.3) is 5.91 Å². The Balaban J connectivity index is 0.000000847. The van der Waals surface area contributed by atoms with E-state index in [9.17, 15) is 4.79 Å². The summed E-state index contributed by atoms with van der Waals surface area (Å²) in [6.07, 6.45) is 1.76. The number of hydrogen-bond donors (Lipinski definition) is 1. The van der Waals surface area contributed by atoms with Crippen molar-refractivity contribution in [2.75, 3.05) is 5.32 Å². The predicted molar refractivity (Wildman–Crippen MR) is 92.2 cm³/mol. The number of fused-ring (bicyclic) bond motifs is 1. The van der Waals surface area contributed by atoms with E-state index in [1.165, 1.54) is 0 Å². The van der Waals surface area contributed by atoms with E-state index < -0.39 is 0 Å². The van der Waals surface area contributed by atoms with Gasteiger partial charge in [-0.05, 0) is 43.3 Å². The van der Waals surface area contributed by atoms with E-state index in [1.807, 2.05) is 75.4 Å². The molecule has 1 heterocycles. The summed E-state index contributed by atoms with van der Waals surface area (Å²) in [6.45, 7) is 5.97. The number of hydrogen-bond acceptors (Lipinski definition) is 2. The number of nitrogens with one attached hydrogen (secondary N) is 1. The van der Waals surface area contributed by atoms with E-state index >= 15 is 0 Å². The Morgan fingerprint density at radius 3 is 2.59 bits per heavy atom. The van der Waals surface area contributed by atoms with Crippen LogP contribution in [-0.2, 0) is 0 Å². The Morgan fingerprint density at radius 2 is 1.82 bits per heavy atom. The van der Waals surface area contributed by atoms with Gasteiger partial charge in [0.2, 0.25) is 0 Å². The molecule has 3 heteroatoms. The molecule has 0 fully saturated rings. The maximum absolute atomic E-state index is 12.2. The molecule has 0 bridgehead atoms. The second-order valence-corrected chi connectivity index (χ2v) is 4.73. The molecule has 3 aromatic rings. The third-order valence-corrected chi connectivity index (χ3v) is 3.14. The average Bonchev–Trinajstić information content (AvgIpc) is 2.56. The maximum Gasteiger partial charge on any atom is 0.255 e. The SMILES string of the molecule is CC.Cc1cccc(C(=O)Nc2ccc3ncccc3c2)c1. The average molecular weight is 292 g/mol. The monoisotopic (exact) mass is 292 g/mol. The van der Waals surface area contributed by atoms with Gasteiger partial charge in [-0.1, -0.05) is 37.6 Å². The van der Waals surface area contributed by atoms with Crippen molar-refractivity contribution in [2.45, 2.75) is 20.8 Å². The molecule has 0 unspecified atom stereocenters. The number of carbonyl (C=O) groups excluding carboxylic acids is 1. The molecule has 0 spiro atoms. The number of benzene rings is 2. The van der Waals surface area contributed by atoms with Crippen molar-refractivity contribution in [2.24, 2.45) is 0 Å². The van der Waals surface area contributed by atoms with Crippen LogP contribution in [0.25, 0.3) is 10.9 Å². The van der Waals surface area contributed by atoms with Gasteiger partial charge in [0.1, 0.15) is 0 Å². The number of aromatic nitrogens is 1. The summed E-state index contributed by atoms with van der Waals surface area (Å²) in [6, 6.07) is 17.1. The Morgan fingerprint density at radius 1 is 1.00 bits per heavy atom. The van der Waals surface area contributed by atoms with E-state index in [1.54, 1.807) is 6.20 Å². The normalized spacial score (nSPS) is 9.77. The van der Waals surface area contributed by atoms with E-state index in [4.69, 9.17) is 0 Å². The largest absolute Gasteiger partial charge is 0.322 e. The van der Waals surface area contributed by atoms with E-state index in [2.05, 4.69) is 10.3 Å². The first-order valence-electron chi connectivity index (χ1n) is 7.45. The van der Waals surface area contributed by atoms with E-state index in [0.29, 0.717) is 5.56 Å². The highest BCUT2D eigenvalue weighted by Crippen LogP contribution is 2.18. The summed E-state index contributed by atoms with van der Waals surface area (Å²) in [5.74, 6) is -0.100. The number of carbonyl (C=O) groups is 1. The number of rotatable bonds is 2. The Kier molecular flexibility index (Phi) is 5.26. The fraction of sp³-hybridized carbons (Fsp3) is 0.158. The summed E-state index contributed by atoms with van der Waals surface area (Å²) < 4.78 is 0. The molecule has 2 aromatic carbocycles. The fourth-order valence-corrected chi connectivity index (χ4v) is 2.14.